The van der Waals surface area contributed by atoms with Crippen molar-refractivity contribution in [3.8, 4) is 0 Å². The van der Waals surface area contributed by atoms with Crippen LogP contribution in [0, 0.1) is 5.92 Å². The van der Waals surface area contributed by atoms with E-state index in [1.165, 1.54) is 6.42 Å². The Bertz CT molecular complexity index is 14.0. The van der Waals surface area contributed by atoms with Crippen molar-refractivity contribution in [3.63, 3.8) is 0 Å². The molecule has 15 heavy (non-hydrogen) atoms. The van der Waals surface area contributed by atoms with E-state index in [0.717, 1.165) is 5.92 Å². The lowest BCUT2D eigenvalue weighted by atomic mass is 10.2. The average Bonchev–Trinajstić information content (AvgIpc) is 2.41. The van der Waals surface area contributed by atoms with Gasteiger partial charge in [-0.2, -0.15) is 0 Å². The van der Waals surface area contributed by atoms with Crippen molar-refractivity contribution in [1.29, 1.82) is 0 Å². The molecular formula is C15H42. The van der Waals surface area contributed by atoms with Gasteiger partial charge in [0.15, 0.2) is 0 Å². The molecule has 0 heteroatoms. The van der Waals surface area contributed by atoms with Crippen LogP contribution < -0.4 is 0 Å². The molecule has 0 aromatic rings. The monoisotopic (exact) mass is 222 g/mol. The molecule has 0 aliphatic carbocycles. The zero-order valence-electron chi connectivity index (χ0n) is 14.3. The summed E-state index contributed by atoms with van der Waals surface area (Å²) in [5.41, 5.74) is 0. The molecule has 0 nitrogen and oxygen atoms in total. The summed E-state index contributed by atoms with van der Waals surface area (Å²) in [6.07, 6.45) is 1.31. The summed E-state index contributed by atoms with van der Waals surface area (Å²) in [6, 6.07) is 0. The summed E-state index contributed by atoms with van der Waals surface area (Å²) in [7, 11) is 0. The summed E-state index contributed by atoms with van der Waals surface area (Å²) in [5, 5.41) is 0. The van der Waals surface area contributed by atoms with E-state index in [1.807, 2.05) is 69.2 Å². The van der Waals surface area contributed by atoms with Gasteiger partial charge in [-0.25, -0.2) is 0 Å². The van der Waals surface area contributed by atoms with E-state index in [1.54, 1.807) is 0 Å². The van der Waals surface area contributed by atoms with Crippen molar-refractivity contribution in [2.75, 3.05) is 0 Å². The third kappa shape index (κ3) is 504. The van der Waals surface area contributed by atoms with Gasteiger partial charge in [0.1, 0.15) is 0 Å². The molecule has 0 bridgehead atoms. The highest BCUT2D eigenvalue weighted by atomic mass is 13.9. The molecule has 0 fully saturated rings. The van der Waals surface area contributed by atoms with E-state index in [2.05, 4.69) is 20.8 Å². The predicted molar refractivity (Wildman–Crippen MR) is 81.9 cm³/mol. The van der Waals surface area contributed by atoms with Crippen LogP contribution in [-0.2, 0) is 0 Å². The van der Waals surface area contributed by atoms with Gasteiger partial charge < -0.3 is 0 Å². The van der Waals surface area contributed by atoms with Gasteiger partial charge >= 0.3 is 0 Å². The Morgan fingerprint density at radius 3 is 0.600 bits per heavy atom. The second kappa shape index (κ2) is 148. The van der Waals surface area contributed by atoms with Gasteiger partial charge in [0.2, 0.25) is 0 Å². The largest absolute Gasteiger partial charge is 0.0683 e. The molecule has 0 amide bonds. The maximum atomic E-state index is 2.22. The van der Waals surface area contributed by atoms with Crippen molar-refractivity contribution in [2.45, 2.75) is 96.4 Å². The predicted octanol–water partition coefficient (Wildman–Crippen LogP) is 7.18. The van der Waals surface area contributed by atoms with Crippen LogP contribution in [0.15, 0.2) is 0 Å². The van der Waals surface area contributed by atoms with E-state index in [-0.39, 0.29) is 0 Å². The Hall–Kier alpha value is 0. The molecule has 0 radical (unpaired) electrons. The minimum Gasteiger partial charge on any atom is -0.0683 e. The molecular weight excluding hydrogens is 180 g/mol. The quantitative estimate of drug-likeness (QED) is 0.440. The minimum absolute atomic E-state index is 0.884. The molecule has 0 N–H and O–H groups in total. The van der Waals surface area contributed by atoms with E-state index in [9.17, 15) is 0 Å². The van der Waals surface area contributed by atoms with Crippen LogP contribution in [0.5, 0.6) is 0 Å². The number of hydrogen-bond donors (Lipinski definition) is 0. The average molecular weight is 223 g/mol. The Morgan fingerprint density at radius 1 is 0.533 bits per heavy atom. The summed E-state index contributed by atoms with van der Waals surface area (Å²) in [4.78, 5) is 0. The first-order valence-electron chi connectivity index (χ1n) is 7.27. The molecule has 0 aliphatic heterocycles. The van der Waals surface area contributed by atoms with E-state index < -0.39 is 0 Å². The third-order valence-electron chi connectivity index (χ3n) is 0.816. The van der Waals surface area contributed by atoms with Crippen molar-refractivity contribution in [1.82, 2.24) is 0 Å². The maximum absolute atomic E-state index is 2.22. The van der Waals surface area contributed by atoms with Gasteiger partial charge in [-0.3, -0.25) is 0 Å². The highest BCUT2D eigenvalue weighted by molar-refractivity contribution is 4.32. The lowest BCUT2D eigenvalue weighted by molar-refractivity contribution is 0.626. The fourth-order valence-electron chi connectivity index (χ4n) is 0. The van der Waals surface area contributed by atoms with Gasteiger partial charge in [0.05, 0.1) is 0 Å². The van der Waals surface area contributed by atoms with Crippen LogP contribution in [0.3, 0.4) is 0 Å². The first-order valence-corrected chi connectivity index (χ1v) is 7.27. The molecule has 0 heterocycles. The molecule has 0 atom stereocenters. The lowest BCUT2D eigenvalue weighted by Crippen LogP contribution is -1.77. The van der Waals surface area contributed by atoms with Crippen LogP contribution in [0.2, 0.25) is 0 Å². The summed E-state index contributed by atoms with van der Waals surface area (Å²) < 4.78 is 0. The number of rotatable bonds is 1. The van der Waals surface area contributed by atoms with Crippen LogP contribution >= 0.6 is 0 Å². The lowest BCUT2D eigenvalue weighted by Gasteiger charge is -1.90. The number of hydrogen-bond acceptors (Lipinski definition) is 0. The zero-order chi connectivity index (χ0) is 14.3. The maximum Gasteiger partial charge on any atom is -0.0474 e. The zero-order valence-corrected chi connectivity index (χ0v) is 14.3. The Labute approximate surface area is 103 Å². The highest BCUT2D eigenvalue weighted by Crippen LogP contribution is 1.93. The third-order valence-corrected chi connectivity index (χ3v) is 0.816. The first-order chi connectivity index (χ1) is 7.27. The van der Waals surface area contributed by atoms with Crippen molar-refractivity contribution < 1.29 is 0 Å². The minimum atomic E-state index is 0.884. The smallest absolute Gasteiger partial charge is 0.0474 e. The molecule has 0 saturated carbocycles. The molecule has 102 valence electrons. The summed E-state index contributed by atoms with van der Waals surface area (Å²) in [6.45, 7) is 26.6. The van der Waals surface area contributed by atoms with Crippen molar-refractivity contribution >= 4 is 0 Å². The van der Waals surface area contributed by atoms with Gasteiger partial charge in [-0.05, 0) is 5.92 Å². The van der Waals surface area contributed by atoms with Crippen molar-refractivity contribution in [3.05, 3.63) is 0 Å². The molecule has 0 spiro atoms. The molecule has 0 aromatic heterocycles. The Balaban J connectivity index is -0.0000000177. The van der Waals surface area contributed by atoms with E-state index in [0.29, 0.717) is 0 Å². The van der Waals surface area contributed by atoms with Gasteiger partial charge in [-0.15, -0.1) is 0 Å². The van der Waals surface area contributed by atoms with Crippen molar-refractivity contribution in [2.24, 2.45) is 5.92 Å². The molecule has 0 aliphatic rings. The molecule has 0 saturated heterocycles. The topological polar surface area (TPSA) is 0 Å². The SMILES string of the molecule is CC.CC.CC.CC.CC.CCC(C)C. The Morgan fingerprint density at radius 2 is 0.600 bits per heavy atom. The van der Waals surface area contributed by atoms with Gasteiger partial charge in [0, 0.05) is 0 Å². The van der Waals surface area contributed by atoms with Gasteiger partial charge in [0.25, 0.3) is 0 Å². The second-order valence-corrected chi connectivity index (χ2v) is 1.80. The summed E-state index contributed by atoms with van der Waals surface area (Å²) >= 11 is 0. The van der Waals surface area contributed by atoms with Crippen LogP contribution in [0.1, 0.15) is 96.4 Å². The highest BCUT2D eigenvalue weighted by Gasteiger charge is 1.80. The standard InChI is InChI=1S/C5H12.5C2H6/c1-4-5(2)3;5*1-2/h5H,4H2,1-3H3;5*1-2H3. The van der Waals surface area contributed by atoms with Gasteiger partial charge in [-0.1, -0.05) is 96.4 Å². The summed E-state index contributed by atoms with van der Waals surface area (Å²) in [5.74, 6) is 0.884. The van der Waals surface area contributed by atoms with E-state index in [4.69, 9.17) is 0 Å². The van der Waals surface area contributed by atoms with Crippen LogP contribution in [0.25, 0.3) is 0 Å². The first kappa shape index (κ1) is 36.3. The fourth-order valence-corrected chi connectivity index (χ4v) is 0. The fraction of sp³-hybridized carbons (Fsp3) is 1.00. The molecule has 0 rings (SSSR count). The molecule has 0 aromatic carbocycles. The van der Waals surface area contributed by atoms with E-state index >= 15 is 0 Å². The molecule has 0 unspecified atom stereocenters. The van der Waals surface area contributed by atoms with Crippen LogP contribution in [-0.4, -0.2) is 0 Å². The Kier molecular flexibility index (Phi) is 358. The second-order valence-electron chi connectivity index (χ2n) is 1.80. The van der Waals surface area contributed by atoms with Crippen LogP contribution in [0.4, 0.5) is 0 Å². The normalized spacial score (nSPS) is 5.20.